The molecule has 0 aliphatic carbocycles. The summed E-state index contributed by atoms with van der Waals surface area (Å²) < 4.78 is 11.7. The van der Waals surface area contributed by atoms with E-state index < -0.39 is 16.6 Å². The van der Waals surface area contributed by atoms with E-state index in [4.69, 9.17) is 8.85 Å². The summed E-state index contributed by atoms with van der Waals surface area (Å²) in [6.07, 6.45) is 0. The van der Waals surface area contributed by atoms with Crippen LogP contribution < -0.4 is 0 Å². The van der Waals surface area contributed by atoms with Crippen molar-refractivity contribution in [3.8, 4) is 0 Å². The van der Waals surface area contributed by atoms with Crippen molar-refractivity contribution in [1.29, 1.82) is 0 Å². The van der Waals surface area contributed by atoms with E-state index in [2.05, 4.69) is 33.9 Å². The smallest absolute Gasteiger partial charge is 0.191 e. The number of hydrogen-bond donors (Lipinski definition) is 0. The molecule has 0 amide bonds. The molecular formula is C11H28O2Si2. The first kappa shape index (κ1) is 15.4. The summed E-state index contributed by atoms with van der Waals surface area (Å²) in [5, 5.41) is 0. The highest BCUT2D eigenvalue weighted by atomic mass is 28.4. The summed E-state index contributed by atoms with van der Waals surface area (Å²) in [5.74, 6) is 0. The van der Waals surface area contributed by atoms with Gasteiger partial charge in [-0.3, -0.25) is 0 Å². The fourth-order valence-electron chi connectivity index (χ4n) is 1.67. The first-order chi connectivity index (χ1) is 6.95. The lowest BCUT2D eigenvalue weighted by Crippen LogP contribution is -2.38. The maximum absolute atomic E-state index is 6.21. The normalized spacial score (nSPS) is 13.2. The van der Waals surface area contributed by atoms with Gasteiger partial charge < -0.3 is 8.85 Å². The van der Waals surface area contributed by atoms with E-state index in [1.54, 1.807) is 0 Å². The minimum absolute atomic E-state index is 0.912. The molecule has 4 heteroatoms. The van der Waals surface area contributed by atoms with E-state index >= 15 is 0 Å². The summed E-state index contributed by atoms with van der Waals surface area (Å²) in [6, 6.07) is 4.86. The van der Waals surface area contributed by atoms with Crippen LogP contribution in [-0.2, 0) is 8.85 Å². The highest BCUT2D eigenvalue weighted by Gasteiger charge is 2.30. The summed E-state index contributed by atoms with van der Waals surface area (Å²) >= 11 is 0. The Bertz CT molecular complexity index is 160. The van der Waals surface area contributed by atoms with Crippen LogP contribution in [0.3, 0.4) is 0 Å². The largest absolute Gasteiger partial charge is 0.420 e. The molecule has 0 radical (unpaired) electrons. The topological polar surface area (TPSA) is 18.5 Å². The molecule has 0 aromatic heterocycles. The van der Waals surface area contributed by atoms with E-state index in [1.165, 1.54) is 18.1 Å². The van der Waals surface area contributed by atoms with E-state index in [0.717, 1.165) is 12.7 Å². The molecule has 92 valence electrons. The first-order valence-electron chi connectivity index (χ1n) is 6.14. The molecule has 0 saturated heterocycles. The molecule has 0 aromatic carbocycles. The Morgan fingerprint density at radius 1 is 0.933 bits per heavy atom. The highest BCUT2D eigenvalue weighted by molar-refractivity contribution is 6.74. The summed E-state index contributed by atoms with van der Waals surface area (Å²) in [4.78, 5) is 0. The Hall–Kier alpha value is 0.354. The van der Waals surface area contributed by atoms with Crippen LogP contribution in [-0.4, -0.2) is 30.4 Å². The maximum Gasteiger partial charge on any atom is 0.191 e. The van der Waals surface area contributed by atoms with Crippen LogP contribution in [0.1, 0.15) is 20.8 Å². The van der Waals surface area contributed by atoms with Gasteiger partial charge in [0.2, 0.25) is 0 Å². The van der Waals surface area contributed by atoms with Crippen molar-refractivity contribution in [2.24, 2.45) is 0 Å². The summed E-state index contributed by atoms with van der Waals surface area (Å²) in [5.41, 5.74) is 0. The molecule has 0 unspecified atom stereocenters. The SMILES string of the molecule is CC[Si](CC)(CC)OCC[Si](C)(C)OC. The minimum atomic E-state index is -1.42. The maximum atomic E-state index is 6.21. The Kier molecular flexibility index (Phi) is 6.99. The molecule has 0 aromatic rings. The van der Waals surface area contributed by atoms with Gasteiger partial charge in [0.25, 0.3) is 0 Å². The molecule has 0 rings (SSSR count). The van der Waals surface area contributed by atoms with Gasteiger partial charge in [0.1, 0.15) is 0 Å². The van der Waals surface area contributed by atoms with Gasteiger partial charge in [-0.1, -0.05) is 20.8 Å². The molecule has 0 aliphatic rings. The molecule has 0 atom stereocenters. The molecule has 15 heavy (non-hydrogen) atoms. The van der Waals surface area contributed by atoms with E-state index in [9.17, 15) is 0 Å². The number of rotatable bonds is 8. The Labute approximate surface area is 97.6 Å². The third-order valence-corrected chi connectivity index (χ3v) is 10.8. The van der Waals surface area contributed by atoms with Crippen molar-refractivity contribution >= 4 is 16.6 Å². The van der Waals surface area contributed by atoms with E-state index in [1.807, 2.05) is 7.11 Å². The van der Waals surface area contributed by atoms with Gasteiger partial charge in [-0.15, -0.1) is 0 Å². The van der Waals surface area contributed by atoms with Crippen LogP contribution in [0.5, 0.6) is 0 Å². The molecule has 0 spiro atoms. The molecule has 0 fully saturated rings. The minimum Gasteiger partial charge on any atom is -0.420 e. The van der Waals surface area contributed by atoms with Crippen molar-refractivity contribution in [2.75, 3.05) is 13.7 Å². The lowest BCUT2D eigenvalue weighted by Gasteiger charge is -2.29. The van der Waals surface area contributed by atoms with Crippen LogP contribution in [0.2, 0.25) is 37.3 Å². The summed E-state index contributed by atoms with van der Waals surface area (Å²) in [6.45, 7) is 12.2. The summed E-state index contributed by atoms with van der Waals surface area (Å²) in [7, 11) is -0.952. The predicted molar refractivity (Wildman–Crippen MR) is 72.4 cm³/mol. The van der Waals surface area contributed by atoms with Crippen molar-refractivity contribution in [3.05, 3.63) is 0 Å². The standard InChI is InChI=1S/C11H28O2Si2/c1-7-15(8-2,9-3)13-10-11-14(5,6)12-4/h7-11H2,1-6H3. The fraction of sp³-hybridized carbons (Fsp3) is 1.00. The van der Waals surface area contributed by atoms with Crippen molar-refractivity contribution in [1.82, 2.24) is 0 Å². The Morgan fingerprint density at radius 2 is 1.40 bits per heavy atom. The number of hydrogen-bond acceptors (Lipinski definition) is 2. The van der Waals surface area contributed by atoms with Gasteiger partial charge in [0.05, 0.1) is 0 Å². The average molecular weight is 249 g/mol. The second kappa shape index (κ2) is 6.83. The van der Waals surface area contributed by atoms with Gasteiger partial charge in [-0.25, -0.2) is 0 Å². The van der Waals surface area contributed by atoms with Crippen molar-refractivity contribution in [2.45, 2.75) is 58.0 Å². The first-order valence-corrected chi connectivity index (χ1v) is 11.8. The van der Waals surface area contributed by atoms with Gasteiger partial charge in [-0.05, 0) is 37.3 Å². The zero-order valence-corrected chi connectivity index (χ0v) is 13.4. The second-order valence-corrected chi connectivity index (χ2v) is 14.0. The van der Waals surface area contributed by atoms with Crippen LogP contribution in [0, 0.1) is 0 Å². The molecular weight excluding hydrogens is 220 g/mol. The van der Waals surface area contributed by atoms with Gasteiger partial charge in [0.15, 0.2) is 16.6 Å². The van der Waals surface area contributed by atoms with Gasteiger partial charge in [-0.2, -0.15) is 0 Å². The fourth-order valence-corrected chi connectivity index (χ4v) is 5.32. The van der Waals surface area contributed by atoms with Crippen LogP contribution in [0.15, 0.2) is 0 Å². The van der Waals surface area contributed by atoms with Crippen LogP contribution in [0.4, 0.5) is 0 Å². The Morgan fingerprint density at radius 3 is 1.73 bits per heavy atom. The zero-order valence-electron chi connectivity index (χ0n) is 11.4. The van der Waals surface area contributed by atoms with Crippen molar-refractivity contribution < 1.29 is 8.85 Å². The highest BCUT2D eigenvalue weighted by Crippen LogP contribution is 2.22. The Balaban J connectivity index is 4.02. The van der Waals surface area contributed by atoms with Crippen LogP contribution >= 0.6 is 0 Å². The van der Waals surface area contributed by atoms with Crippen LogP contribution in [0.25, 0.3) is 0 Å². The molecule has 0 heterocycles. The lowest BCUT2D eigenvalue weighted by atomic mass is 10.9. The van der Waals surface area contributed by atoms with E-state index in [0.29, 0.717) is 0 Å². The molecule has 0 saturated carbocycles. The third-order valence-electron chi connectivity index (χ3n) is 3.60. The quantitative estimate of drug-likeness (QED) is 0.607. The van der Waals surface area contributed by atoms with Gasteiger partial charge >= 0.3 is 0 Å². The van der Waals surface area contributed by atoms with E-state index in [-0.39, 0.29) is 0 Å². The monoisotopic (exact) mass is 248 g/mol. The van der Waals surface area contributed by atoms with Gasteiger partial charge in [0, 0.05) is 13.7 Å². The predicted octanol–water partition coefficient (Wildman–Crippen LogP) is 3.86. The molecule has 0 N–H and O–H groups in total. The third kappa shape index (κ3) is 5.29. The molecule has 2 nitrogen and oxygen atoms in total. The molecule has 0 bridgehead atoms. The zero-order chi connectivity index (χ0) is 11.9. The van der Waals surface area contributed by atoms with Crippen molar-refractivity contribution in [3.63, 3.8) is 0 Å². The second-order valence-electron chi connectivity index (χ2n) is 4.81. The lowest BCUT2D eigenvalue weighted by molar-refractivity contribution is 0.306. The molecule has 0 aliphatic heterocycles. The average Bonchev–Trinajstić information content (AvgIpc) is 2.25.